The zero-order valence-electron chi connectivity index (χ0n) is 26.7. The second-order valence-electron chi connectivity index (χ2n) is 12.3. The van der Waals surface area contributed by atoms with E-state index >= 15 is 0 Å². The van der Waals surface area contributed by atoms with Gasteiger partial charge in [0.05, 0.1) is 62.7 Å². The Hall–Kier alpha value is -7.39. The lowest BCUT2D eigenvalue weighted by atomic mass is 9.90. The quantitative estimate of drug-likeness (QED) is 0.193. The van der Waals surface area contributed by atoms with Crippen LogP contribution in [0.1, 0.15) is 16.7 Å². The highest BCUT2D eigenvalue weighted by molar-refractivity contribution is 6.11. The van der Waals surface area contributed by atoms with Gasteiger partial charge in [-0.2, -0.15) is 15.8 Å². The van der Waals surface area contributed by atoms with Crippen molar-refractivity contribution in [2.24, 2.45) is 0 Å². The van der Waals surface area contributed by atoms with E-state index in [1.165, 1.54) is 0 Å². The molecule has 0 saturated heterocycles. The standard InChI is InChI=1S/C45H25N5/c46-26-29-20-22-42-39(23-29)36-14-4-5-16-40(36)49(42)33-11-7-9-31(25-33)34-12-1-2-15-38(34)45-32(28-48)10-8-18-43(45)50-41-17-6-3-13-35(41)37-21-19-30(27-47)24-44(37)50/h1-25H. The van der Waals surface area contributed by atoms with Crippen molar-refractivity contribution in [2.75, 3.05) is 0 Å². The summed E-state index contributed by atoms with van der Waals surface area (Å²) in [7, 11) is 0. The third kappa shape index (κ3) is 4.31. The predicted molar refractivity (Wildman–Crippen MR) is 200 cm³/mol. The number of hydrogen-bond acceptors (Lipinski definition) is 3. The van der Waals surface area contributed by atoms with Crippen LogP contribution in [0.4, 0.5) is 0 Å². The SMILES string of the molecule is N#Cc1ccc2c(c1)c1ccccc1n2-c1cccc(-c2ccccc2-c2c(C#N)cccc2-n2c3ccccc3c3ccc(C#N)cc32)c1. The number of rotatable bonds is 4. The number of aromatic nitrogens is 2. The molecule has 230 valence electrons. The second-order valence-corrected chi connectivity index (χ2v) is 12.3. The summed E-state index contributed by atoms with van der Waals surface area (Å²) in [6.07, 6.45) is 0. The highest BCUT2D eigenvalue weighted by atomic mass is 15.0. The molecule has 0 atom stereocenters. The van der Waals surface area contributed by atoms with Crippen molar-refractivity contribution in [2.45, 2.75) is 0 Å². The van der Waals surface area contributed by atoms with Gasteiger partial charge in [0.25, 0.3) is 0 Å². The molecule has 5 nitrogen and oxygen atoms in total. The average Bonchev–Trinajstić information content (AvgIpc) is 3.69. The van der Waals surface area contributed by atoms with Gasteiger partial charge in [-0.1, -0.05) is 84.9 Å². The third-order valence-corrected chi connectivity index (χ3v) is 9.62. The smallest absolute Gasteiger partial charge is 0.0998 e. The zero-order valence-corrected chi connectivity index (χ0v) is 26.7. The summed E-state index contributed by atoms with van der Waals surface area (Å²) >= 11 is 0. The van der Waals surface area contributed by atoms with Gasteiger partial charge in [-0.25, -0.2) is 0 Å². The molecule has 0 fully saturated rings. The van der Waals surface area contributed by atoms with Gasteiger partial charge in [-0.15, -0.1) is 0 Å². The summed E-state index contributed by atoms with van der Waals surface area (Å²) in [4.78, 5) is 0. The van der Waals surface area contributed by atoms with Crippen LogP contribution in [-0.2, 0) is 0 Å². The first-order valence-corrected chi connectivity index (χ1v) is 16.3. The largest absolute Gasteiger partial charge is 0.309 e. The Bertz CT molecular complexity index is 2970. The minimum absolute atomic E-state index is 0.559. The first kappa shape index (κ1) is 28.8. The first-order valence-electron chi connectivity index (χ1n) is 16.3. The maximum Gasteiger partial charge on any atom is 0.0998 e. The fourth-order valence-electron chi connectivity index (χ4n) is 7.49. The molecule has 5 heteroatoms. The monoisotopic (exact) mass is 635 g/mol. The van der Waals surface area contributed by atoms with Crippen molar-refractivity contribution in [3.05, 3.63) is 168 Å². The van der Waals surface area contributed by atoms with Crippen LogP contribution < -0.4 is 0 Å². The highest BCUT2D eigenvalue weighted by Crippen LogP contribution is 2.42. The maximum absolute atomic E-state index is 10.6. The number of nitrogens with zero attached hydrogens (tertiary/aromatic N) is 5. The Labute approximate surface area is 287 Å². The van der Waals surface area contributed by atoms with Crippen molar-refractivity contribution in [1.82, 2.24) is 9.13 Å². The number of nitriles is 3. The summed E-state index contributed by atoms with van der Waals surface area (Å²) in [5.41, 5.74) is 11.4. The van der Waals surface area contributed by atoms with Crippen LogP contribution in [0, 0.1) is 34.0 Å². The molecule has 0 aliphatic rings. The molecule has 7 aromatic carbocycles. The van der Waals surface area contributed by atoms with E-state index in [0.29, 0.717) is 16.7 Å². The number of benzene rings is 7. The topological polar surface area (TPSA) is 81.2 Å². The van der Waals surface area contributed by atoms with E-state index in [0.717, 1.165) is 77.2 Å². The van der Waals surface area contributed by atoms with Gasteiger partial charge < -0.3 is 9.13 Å². The molecule has 0 N–H and O–H groups in total. The zero-order chi connectivity index (χ0) is 33.8. The van der Waals surface area contributed by atoms with E-state index in [1.807, 2.05) is 84.9 Å². The van der Waals surface area contributed by atoms with Gasteiger partial charge in [-0.3, -0.25) is 0 Å². The van der Waals surface area contributed by atoms with Crippen molar-refractivity contribution in [1.29, 1.82) is 15.8 Å². The summed E-state index contributed by atoms with van der Waals surface area (Å²) in [5.74, 6) is 0. The minimum atomic E-state index is 0.559. The molecule has 0 spiro atoms. The summed E-state index contributed by atoms with van der Waals surface area (Å²) in [6, 6.07) is 57.8. The lowest BCUT2D eigenvalue weighted by molar-refractivity contribution is 1.18. The molecule has 50 heavy (non-hydrogen) atoms. The maximum atomic E-state index is 10.6. The fourth-order valence-corrected chi connectivity index (χ4v) is 7.49. The van der Waals surface area contributed by atoms with Crippen molar-refractivity contribution in [3.8, 4) is 51.8 Å². The minimum Gasteiger partial charge on any atom is -0.309 e. The van der Waals surface area contributed by atoms with E-state index in [1.54, 1.807) is 0 Å². The normalized spacial score (nSPS) is 11.1. The van der Waals surface area contributed by atoms with E-state index in [2.05, 4.69) is 94.1 Å². The number of fused-ring (bicyclic) bond motifs is 6. The van der Waals surface area contributed by atoms with E-state index in [-0.39, 0.29) is 0 Å². The predicted octanol–water partition coefficient (Wildman–Crippen LogP) is 10.8. The molecule has 0 saturated carbocycles. The molecule has 0 radical (unpaired) electrons. The molecular formula is C45H25N5. The number of hydrogen-bond donors (Lipinski definition) is 0. The van der Waals surface area contributed by atoms with E-state index in [4.69, 9.17) is 0 Å². The fraction of sp³-hybridized carbons (Fsp3) is 0. The van der Waals surface area contributed by atoms with Gasteiger partial charge in [0.15, 0.2) is 0 Å². The first-order chi connectivity index (χ1) is 24.7. The van der Waals surface area contributed by atoms with Crippen LogP contribution in [0.25, 0.3) is 77.2 Å². The van der Waals surface area contributed by atoms with Crippen LogP contribution in [0.3, 0.4) is 0 Å². The second kappa shape index (κ2) is 11.4. The Morgan fingerprint density at radius 3 is 1.80 bits per heavy atom. The summed E-state index contributed by atoms with van der Waals surface area (Å²) < 4.78 is 4.43. The van der Waals surface area contributed by atoms with Crippen LogP contribution in [-0.4, -0.2) is 9.13 Å². The van der Waals surface area contributed by atoms with E-state index in [9.17, 15) is 15.8 Å². The summed E-state index contributed by atoms with van der Waals surface area (Å²) in [5, 5.41) is 34.2. The van der Waals surface area contributed by atoms with Crippen molar-refractivity contribution >= 4 is 43.6 Å². The Morgan fingerprint density at radius 1 is 0.400 bits per heavy atom. The van der Waals surface area contributed by atoms with Gasteiger partial charge in [-0.05, 0) is 83.4 Å². The van der Waals surface area contributed by atoms with Gasteiger partial charge in [0.2, 0.25) is 0 Å². The van der Waals surface area contributed by atoms with Crippen LogP contribution in [0.2, 0.25) is 0 Å². The highest BCUT2D eigenvalue weighted by Gasteiger charge is 2.21. The molecule has 9 rings (SSSR count). The average molecular weight is 636 g/mol. The molecule has 2 heterocycles. The van der Waals surface area contributed by atoms with Gasteiger partial charge in [0.1, 0.15) is 0 Å². The van der Waals surface area contributed by atoms with Gasteiger partial charge >= 0.3 is 0 Å². The lowest BCUT2D eigenvalue weighted by Gasteiger charge is -2.19. The molecule has 2 aromatic heterocycles. The molecule has 9 aromatic rings. The van der Waals surface area contributed by atoms with Gasteiger partial charge in [0, 0.05) is 32.8 Å². The molecular weight excluding hydrogens is 611 g/mol. The van der Waals surface area contributed by atoms with Crippen LogP contribution in [0.15, 0.2) is 152 Å². The van der Waals surface area contributed by atoms with Crippen LogP contribution in [0.5, 0.6) is 0 Å². The molecule has 0 aliphatic heterocycles. The number of para-hydroxylation sites is 2. The Morgan fingerprint density at radius 2 is 1.02 bits per heavy atom. The lowest BCUT2D eigenvalue weighted by Crippen LogP contribution is -2.01. The van der Waals surface area contributed by atoms with Crippen molar-refractivity contribution in [3.63, 3.8) is 0 Å². The third-order valence-electron chi connectivity index (χ3n) is 9.62. The molecule has 0 amide bonds. The Kier molecular flexibility index (Phi) is 6.56. The summed E-state index contributed by atoms with van der Waals surface area (Å²) in [6.45, 7) is 0. The molecule has 0 aliphatic carbocycles. The Balaban J connectivity index is 1.30. The van der Waals surface area contributed by atoms with E-state index < -0.39 is 0 Å². The van der Waals surface area contributed by atoms with Crippen molar-refractivity contribution < 1.29 is 0 Å². The molecule has 0 bridgehead atoms. The van der Waals surface area contributed by atoms with Crippen LogP contribution >= 0.6 is 0 Å². The molecule has 0 unspecified atom stereocenters.